The Morgan fingerprint density at radius 3 is 2.65 bits per heavy atom. The molecule has 7 nitrogen and oxygen atoms in total. The van der Waals surface area contributed by atoms with E-state index in [0.717, 1.165) is 53.3 Å². The van der Waals surface area contributed by atoms with Crippen molar-refractivity contribution >= 4 is 11.6 Å². The molecule has 34 heavy (non-hydrogen) atoms. The Labute approximate surface area is 198 Å². The lowest BCUT2D eigenvalue weighted by atomic mass is 9.82. The van der Waals surface area contributed by atoms with Crippen LogP contribution in [0.5, 0.6) is 5.75 Å². The second kappa shape index (κ2) is 9.17. The van der Waals surface area contributed by atoms with E-state index in [1.165, 1.54) is 5.56 Å². The largest absolute Gasteiger partial charge is 0.497 e. The van der Waals surface area contributed by atoms with Crippen molar-refractivity contribution in [3.63, 3.8) is 0 Å². The SMILES string of the molecule is COc1ccc(Cn2nc(C)c(NC(=O)c3noc4c3CC(c3ccccc3)CC4)c2C)cc1. The number of nitrogens with one attached hydrogen (secondary N) is 1. The standard InChI is InChI=1S/C27H28N4O3/c1-17-25(18(2)31(29-17)16-19-9-12-22(33-3)13-10-19)28-27(32)26-23-15-21(11-14-24(23)34-30-26)20-7-5-4-6-8-20/h4-10,12-13,21H,11,14-16H2,1-3H3,(H,28,32). The predicted molar refractivity (Wildman–Crippen MR) is 129 cm³/mol. The van der Waals surface area contributed by atoms with Gasteiger partial charge in [0.15, 0.2) is 5.69 Å². The summed E-state index contributed by atoms with van der Waals surface area (Å²) in [7, 11) is 1.65. The van der Waals surface area contributed by atoms with Crippen molar-refractivity contribution in [2.24, 2.45) is 0 Å². The van der Waals surface area contributed by atoms with Gasteiger partial charge in [0.2, 0.25) is 0 Å². The first-order chi connectivity index (χ1) is 16.5. The number of aromatic nitrogens is 3. The number of rotatable bonds is 6. The molecule has 0 fully saturated rings. The third-order valence-corrected chi connectivity index (χ3v) is 6.64. The molecule has 0 bridgehead atoms. The number of carbonyl (C=O) groups excluding carboxylic acids is 1. The summed E-state index contributed by atoms with van der Waals surface area (Å²) >= 11 is 0. The molecule has 1 aliphatic carbocycles. The van der Waals surface area contributed by atoms with E-state index in [1.54, 1.807) is 7.11 Å². The van der Waals surface area contributed by atoms with Gasteiger partial charge in [-0.2, -0.15) is 5.10 Å². The van der Waals surface area contributed by atoms with Gasteiger partial charge < -0.3 is 14.6 Å². The number of hydrogen-bond acceptors (Lipinski definition) is 5. The van der Waals surface area contributed by atoms with E-state index >= 15 is 0 Å². The van der Waals surface area contributed by atoms with E-state index in [1.807, 2.05) is 48.9 Å². The highest BCUT2D eigenvalue weighted by atomic mass is 16.5. The Morgan fingerprint density at radius 2 is 1.91 bits per heavy atom. The first kappa shape index (κ1) is 21.9. The van der Waals surface area contributed by atoms with Crippen molar-refractivity contribution in [3.05, 3.63) is 94.1 Å². The maximum atomic E-state index is 13.2. The fraction of sp³-hybridized carbons (Fsp3) is 0.296. The fourth-order valence-corrected chi connectivity index (χ4v) is 4.70. The summed E-state index contributed by atoms with van der Waals surface area (Å²) in [5.41, 5.74) is 6.04. The number of fused-ring (bicyclic) bond motifs is 1. The molecule has 4 aromatic rings. The van der Waals surface area contributed by atoms with Gasteiger partial charge in [0.1, 0.15) is 11.5 Å². The average Bonchev–Trinajstić information content (AvgIpc) is 3.41. The minimum absolute atomic E-state index is 0.256. The molecule has 2 aromatic heterocycles. The summed E-state index contributed by atoms with van der Waals surface area (Å²) in [5, 5.41) is 11.8. The molecule has 174 valence electrons. The van der Waals surface area contributed by atoms with Crippen molar-refractivity contribution in [3.8, 4) is 5.75 Å². The molecule has 2 heterocycles. The number of carbonyl (C=O) groups is 1. The second-order valence-corrected chi connectivity index (χ2v) is 8.79. The van der Waals surface area contributed by atoms with Crippen molar-refractivity contribution in [1.29, 1.82) is 0 Å². The van der Waals surface area contributed by atoms with E-state index in [0.29, 0.717) is 23.8 Å². The van der Waals surface area contributed by atoms with E-state index in [-0.39, 0.29) is 5.91 Å². The third-order valence-electron chi connectivity index (χ3n) is 6.64. The predicted octanol–water partition coefficient (Wildman–Crippen LogP) is 5.07. The van der Waals surface area contributed by atoms with Crippen LogP contribution in [0.2, 0.25) is 0 Å². The monoisotopic (exact) mass is 456 g/mol. The van der Waals surface area contributed by atoms with Crippen LogP contribution in [-0.4, -0.2) is 28.0 Å². The summed E-state index contributed by atoms with van der Waals surface area (Å²) in [6, 6.07) is 18.3. The normalized spacial score (nSPS) is 15.1. The van der Waals surface area contributed by atoms with Gasteiger partial charge in [-0.25, -0.2) is 0 Å². The van der Waals surface area contributed by atoms with Gasteiger partial charge in [0.05, 0.1) is 30.7 Å². The fourth-order valence-electron chi connectivity index (χ4n) is 4.70. The van der Waals surface area contributed by atoms with Crippen LogP contribution in [0.25, 0.3) is 0 Å². The van der Waals surface area contributed by atoms with Crippen molar-refractivity contribution in [2.45, 2.75) is 45.6 Å². The van der Waals surface area contributed by atoms with Gasteiger partial charge in [0.25, 0.3) is 5.91 Å². The molecule has 5 rings (SSSR count). The van der Waals surface area contributed by atoms with Crippen molar-refractivity contribution < 1.29 is 14.1 Å². The molecule has 0 spiro atoms. The van der Waals surface area contributed by atoms with Crippen LogP contribution in [0.4, 0.5) is 5.69 Å². The maximum absolute atomic E-state index is 13.2. The summed E-state index contributed by atoms with van der Waals surface area (Å²) in [4.78, 5) is 13.2. The van der Waals surface area contributed by atoms with E-state index in [9.17, 15) is 4.79 Å². The van der Waals surface area contributed by atoms with Gasteiger partial charge >= 0.3 is 0 Å². The molecule has 1 unspecified atom stereocenters. The van der Waals surface area contributed by atoms with Crippen molar-refractivity contribution in [2.75, 3.05) is 12.4 Å². The Balaban J connectivity index is 1.34. The zero-order valence-corrected chi connectivity index (χ0v) is 19.7. The second-order valence-electron chi connectivity index (χ2n) is 8.79. The first-order valence-corrected chi connectivity index (χ1v) is 11.5. The quantitative estimate of drug-likeness (QED) is 0.438. The summed E-state index contributed by atoms with van der Waals surface area (Å²) < 4.78 is 12.7. The summed E-state index contributed by atoms with van der Waals surface area (Å²) in [5.74, 6) is 1.74. The molecular formula is C27H28N4O3. The molecule has 1 N–H and O–H groups in total. The first-order valence-electron chi connectivity index (χ1n) is 11.5. The molecule has 0 aliphatic heterocycles. The molecule has 1 atom stereocenters. The zero-order chi connectivity index (χ0) is 23.7. The molecule has 1 aliphatic rings. The maximum Gasteiger partial charge on any atom is 0.278 e. The van der Waals surface area contributed by atoms with Crippen LogP contribution in [0.15, 0.2) is 59.1 Å². The highest BCUT2D eigenvalue weighted by molar-refractivity contribution is 6.04. The van der Waals surface area contributed by atoms with Crippen LogP contribution in [-0.2, 0) is 19.4 Å². The summed E-state index contributed by atoms with van der Waals surface area (Å²) in [6.45, 7) is 4.46. The lowest BCUT2D eigenvalue weighted by Gasteiger charge is -2.21. The molecular weight excluding hydrogens is 428 g/mol. The molecule has 1 amide bonds. The van der Waals surface area contributed by atoms with Crippen LogP contribution in [0.3, 0.4) is 0 Å². The summed E-state index contributed by atoms with van der Waals surface area (Å²) in [6.07, 6.45) is 2.52. The Bertz CT molecular complexity index is 1310. The van der Waals surface area contributed by atoms with Gasteiger partial charge in [-0.05, 0) is 55.9 Å². The Morgan fingerprint density at radius 1 is 1.15 bits per heavy atom. The van der Waals surface area contributed by atoms with Crippen LogP contribution in [0.1, 0.15) is 56.7 Å². The molecule has 0 radical (unpaired) electrons. The topological polar surface area (TPSA) is 82.2 Å². The highest BCUT2D eigenvalue weighted by Crippen LogP contribution is 2.34. The Kier molecular flexibility index (Phi) is 5.92. The number of methoxy groups -OCH3 is 1. The minimum atomic E-state index is -0.256. The van der Waals surface area contributed by atoms with Crippen LogP contribution in [0, 0.1) is 13.8 Å². The average molecular weight is 457 g/mol. The molecule has 7 heteroatoms. The molecule has 0 saturated carbocycles. The number of anilines is 1. The minimum Gasteiger partial charge on any atom is -0.497 e. The molecule has 0 saturated heterocycles. The number of aryl methyl sites for hydroxylation is 2. The van der Waals surface area contributed by atoms with Gasteiger partial charge in [0, 0.05) is 12.0 Å². The number of amides is 1. The zero-order valence-electron chi connectivity index (χ0n) is 19.7. The van der Waals surface area contributed by atoms with E-state index in [4.69, 9.17) is 9.26 Å². The van der Waals surface area contributed by atoms with Crippen LogP contribution >= 0.6 is 0 Å². The number of nitrogens with zero attached hydrogens (tertiary/aromatic N) is 3. The Hall–Kier alpha value is -3.87. The smallest absolute Gasteiger partial charge is 0.278 e. The van der Waals surface area contributed by atoms with Crippen molar-refractivity contribution in [1.82, 2.24) is 14.9 Å². The van der Waals surface area contributed by atoms with Gasteiger partial charge in [-0.15, -0.1) is 0 Å². The lowest BCUT2D eigenvalue weighted by Crippen LogP contribution is -2.19. The lowest BCUT2D eigenvalue weighted by molar-refractivity contribution is 0.101. The number of hydrogen-bond donors (Lipinski definition) is 1. The molecule has 2 aromatic carbocycles. The van der Waals surface area contributed by atoms with Gasteiger partial charge in [-0.1, -0.05) is 47.6 Å². The third kappa shape index (κ3) is 4.21. The van der Waals surface area contributed by atoms with E-state index < -0.39 is 0 Å². The number of ether oxygens (including phenoxy) is 1. The van der Waals surface area contributed by atoms with Gasteiger partial charge in [-0.3, -0.25) is 9.48 Å². The number of benzene rings is 2. The van der Waals surface area contributed by atoms with Crippen LogP contribution < -0.4 is 10.1 Å². The highest BCUT2D eigenvalue weighted by Gasteiger charge is 2.30. The van der Waals surface area contributed by atoms with E-state index in [2.05, 4.69) is 39.8 Å².